The van der Waals surface area contributed by atoms with E-state index in [4.69, 9.17) is 15.9 Å². The number of benzene rings is 4. The summed E-state index contributed by atoms with van der Waals surface area (Å²) in [6, 6.07) is 28.2. The summed E-state index contributed by atoms with van der Waals surface area (Å²) in [5.41, 5.74) is 15.8. The molecule has 3 nitrogen and oxygen atoms in total. The van der Waals surface area contributed by atoms with E-state index in [1.165, 1.54) is 0 Å². The van der Waals surface area contributed by atoms with E-state index in [-0.39, 0.29) is 0 Å². The van der Waals surface area contributed by atoms with Gasteiger partial charge in [0.1, 0.15) is 5.58 Å². The van der Waals surface area contributed by atoms with E-state index in [1.807, 2.05) is 60.7 Å². The van der Waals surface area contributed by atoms with Crippen LogP contribution in [-0.4, -0.2) is 0 Å². The fraction of sp³-hybridized carbons (Fsp3) is 0. The zero-order valence-electron chi connectivity index (χ0n) is 15.1. The van der Waals surface area contributed by atoms with Gasteiger partial charge in [-0.25, -0.2) is 0 Å². The predicted molar refractivity (Wildman–Crippen MR) is 122 cm³/mol. The monoisotopic (exact) mass is 382 g/mol. The van der Waals surface area contributed by atoms with Crippen LogP contribution in [0.4, 0.5) is 11.4 Å². The number of hydrogen-bond acceptors (Lipinski definition) is 4. The van der Waals surface area contributed by atoms with Gasteiger partial charge in [-0.05, 0) is 24.3 Å². The molecule has 136 valence electrons. The Hall–Kier alpha value is -3.50. The van der Waals surface area contributed by atoms with Gasteiger partial charge in [0.05, 0.1) is 16.1 Å². The van der Waals surface area contributed by atoms with Crippen LogP contribution in [0.1, 0.15) is 0 Å². The van der Waals surface area contributed by atoms with Crippen LogP contribution in [0, 0.1) is 0 Å². The molecule has 4 N–H and O–H groups in total. The maximum absolute atomic E-state index is 6.57. The minimum Gasteiger partial charge on any atom is -0.455 e. The zero-order valence-corrected chi connectivity index (χ0v) is 15.9. The lowest BCUT2D eigenvalue weighted by molar-refractivity contribution is 0.661. The van der Waals surface area contributed by atoms with Gasteiger partial charge >= 0.3 is 0 Å². The Kier molecular flexibility index (Phi) is 3.92. The highest BCUT2D eigenvalue weighted by molar-refractivity contribution is 7.24. The van der Waals surface area contributed by atoms with Crippen molar-refractivity contribution in [3.63, 3.8) is 0 Å². The molecular weight excluding hydrogens is 364 g/mol. The van der Waals surface area contributed by atoms with Crippen LogP contribution in [0.5, 0.6) is 0 Å². The molecule has 0 unspecified atom stereocenters. The van der Waals surface area contributed by atoms with Crippen molar-refractivity contribution >= 4 is 64.8 Å². The number of hydrogen-bond donors (Lipinski definition) is 2. The van der Waals surface area contributed by atoms with E-state index in [2.05, 4.69) is 24.3 Å². The highest BCUT2D eigenvalue weighted by atomic mass is 32.1. The molecule has 4 aromatic carbocycles. The Balaban J connectivity index is 2.19. The van der Waals surface area contributed by atoms with E-state index in [1.54, 1.807) is 11.3 Å². The Morgan fingerprint density at radius 3 is 1.93 bits per heavy atom. The summed E-state index contributed by atoms with van der Waals surface area (Å²) in [6.07, 6.45) is 0. The maximum Gasteiger partial charge on any atom is 0.150 e. The molecule has 0 saturated carbocycles. The maximum atomic E-state index is 6.57. The summed E-state index contributed by atoms with van der Waals surface area (Å²) < 4.78 is 8.43. The molecule has 5 rings (SSSR count). The van der Waals surface area contributed by atoms with Gasteiger partial charge in [0.25, 0.3) is 0 Å². The van der Waals surface area contributed by atoms with Gasteiger partial charge < -0.3 is 15.9 Å². The lowest BCUT2D eigenvalue weighted by Crippen LogP contribution is -1.90. The van der Waals surface area contributed by atoms with Crippen LogP contribution in [0.2, 0.25) is 0 Å². The minimum absolute atomic E-state index is 0.583. The summed E-state index contributed by atoms with van der Waals surface area (Å²) in [5, 5.41) is 3.91. The first-order valence-electron chi connectivity index (χ1n) is 9.04. The first-order chi connectivity index (χ1) is 13.7. The number of rotatable bonds is 0. The molecule has 0 atom stereocenters. The van der Waals surface area contributed by atoms with Crippen LogP contribution in [-0.2, 0) is 0 Å². The second-order valence-corrected chi connectivity index (χ2v) is 7.71. The van der Waals surface area contributed by atoms with E-state index < -0.39 is 0 Å². The van der Waals surface area contributed by atoms with Crippen LogP contribution >= 0.6 is 11.3 Å². The van der Waals surface area contributed by atoms with Crippen LogP contribution in [0.25, 0.3) is 42.1 Å². The molecule has 0 saturated heterocycles. The Bertz CT molecular complexity index is 1330. The molecule has 28 heavy (non-hydrogen) atoms. The summed E-state index contributed by atoms with van der Waals surface area (Å²) in [5.74, 6) is 0. The average Bonchev–Trinajstić information content (AvgIpc) is 2.72. The van der Waals surface area contributed by atoms with Gasteiger partial charge in [0.15, 0.2) is 5.58 Å². The highest BCUT2D eigenvalue weighted by Gasteiger charge is 2.06. The molecule has 5 aromatic rings. The van der Waals surface area contributed by atoms with Gasteiger partial charge in [-0.2, -0.15) is 0 Å². The number of nitrogen functional groups attached to an aromatic ring is 2. The molecule has 0 fully saturated rings. The number of para-hydroxylation sites is 3. The summed E-state index contributed by atoms with van der Waals surface area (Å²) in [7, 11) is 0. The molecule has 0 aliphatic rings. The first-order valence-corrected chi connectivity index (χ1v) is 9.85. The van der Waals surface area contributed by atoms with Crippen molar-refractivity contribution in [2.24, 2.45) is 0 Å². The molecule has 0 aliphatic carbocycles. The molecule has 0 spiro atoms. The van der Waals surface area contributed by atoms with Crippen molar-refractivity contribution in [3.8, 4) is 0 Å². The largest absolute Gasteiger partial charge is 0.455 e. The van der Waals surface area contributed by atoms with Crippen molar-refractivity contribution in [2.45, 2.75) is 0 Å². The number of anilines is 2. The first kappa shape index (κ1) is 16.7. The van der Waals surface area contributed by atoms with E-state index in [0.717, 1.165) is 42.2 Å². The third-order valence-corrected chi connectivity index (χ3v) is 6.08. The van der Waals surface area contributed by atoms with E-state index in [0.29, 0.717) is 11.3 Å². The Morgan fingerprint density at radius 1 is 0.500 bits per heavy atom. The standard InChI is InChI=1S/C24H18N2OS/c25-23-17-9-5-12-20(23)27-19-11-3-1-7-15(19)16-8-2-4-13-21(16)28-22-14-6-10-18(17)24(22)26/h1-14H,25-26H2. The topological polar surface area (TPSA) is 65.2 Å². The zero-order chi connectivity index (χ0) is 19.1. The van der Waals surface area contributed by atoms with Crippen molar-refractivity contribution in [1.29, 1.82) is 0 Å². The van der Waals surface area contributed by atoms with Gasteiger partial charge in [0, 0.05) is 26.2 Å². The second kappa shape index (κ2) is 6.59. The van der Waals surface area contributed by atoms with Crippen molar-refractivity contribution in [2.75, 3.05) is 11.5 Å². The fourth-order valence-corrected chi connectivity index (χ4v) is 4.57. The molecule has 0 aliphatic heterocycles. The molecule has 0 amide bonds. The molecule has 4 heteroatoms. The SMILES string of the molecule is Nc1c2cccc1c1cccc(sc3ccccc3c3ccccc3o2)c1N. The van der Waals surface area contributed by atoms with Crippen LogP contribution < -0.4 is 11.5 Å². The second-order valence-electron chi connectivity index (χ2n) is 6.63. The quantitative estimate of drug-likeness (QED) is 0.289. The molecular formula is C24H18N2OS. The average molecular weight is 382 g/mol. The Morgan fingerprint density at radius 2 is 1.07 bits per heavy atom. The van der Waals surface area contributed by atoms with Gasteiger partial charge in [0.2, 0.25) is 0 Å². The summed E-state index contributed by atoms with van der Waals surface area (Å²) in [6.45, 7) is 0. The number of nitrogens with two attached hydrogens (primary N) is 2. The molecule has 1 aromatic heterocycles. The highest BCUT2D eigenvalue weighted by Crippen LogP contribution is 2.34. The smallest absolute Gasteiger partial charge is 0.150 e. The van der Waals surface area contributed by atoms with Crippen molar-refractivity contribution in [3.05, 3.63) is 84.9 Å². The van der Waals surface area contributed by atoms with Crippen LogP contribution in [0.15, 0.2) is 89.3 Å². The predicted octanol–water partition coefficient (Wildman–Crippen LogP) is 6.80. The van der Waals surface area contributed by atoms with Crippen LogP contribution in [0.3, 0.4) is 0 Å². The molecule has 4 bridgehead atoms. The lowest BCUT2D eigenvalue weighted by atomic mass is 10.1. The lowest BCUT2D eigenvalue weighted by Gasteiger charge is -2.06. The van der Waals surface area contributed by atoms with Gasteiger partial charge in [-0.15, -0.1) is 11.3 Å². The number of fused-ring (bicyclic) bond motifs is 8. The normalized spacial score (nSPS) is 11.1. The van der Waals surface area contributed by atoms with Gasteiger partial charge in [-0.3, -0.25) is 0 Å². The molecule has 0 radical (unpaired) electrons. The third kappa shape index (κ3) is 2.66. The molecule has 1 heterocycles. The summed E-state index contributed by atoms with van der Waals surface area (Å²) in [4.78, 5) is 0. The fourth-order valence-electron chi connectivity index (χ4n) is 3.53. The minimum atomic E-state index is 0.583. The Labute approximate surface area is 165 Å². The van der Waals surface area contributed by atoms with Crippen molar-refractivity contribution in [1.82, 2.24) is 0 Å². The summed E-state index contributed by atoms with van der Waals surface area (Å²) >= 11 is 1.66. The van der Waals surface area contributed by atoms with Gasteiger partial charge in [-0.1, -0.05) is 60.7 Å². The third-order valence-electron chi connectivity index (χ3n) is 4.93. The van der Waals surface area contributed by atoms with Crippen molar-refractivity contribution < 1.29 is 4.42 Å². The van der Waals surface area contributed by atoms with E-state index >= 15 is 0 Å². The van der Waals surface area contributed by atoms with E-state index in [9.17, 15) is 0 Å².